The molecule has 4 atom stereocenters. The molecular formula is C21H25FN4O3. The number of halogens is 1. The van der Waals surface area contributed by atoms with Gasteiger partial charge in [-0.25, -0.2) is 9.37 Å². The zero-order chi connectivity index (χ0) is 20.4. The molecule has 0 radical (unpaired) electrons. The summed E-state index contributed by atoms with van der Waals surface area (Å²) < 4.78 is 14.9. The van der Waals surface area contributed by atoms with Crippen LogP contribution in [0.3, 0.4) is 0 Å². The van der Waals surface area contributed by atoms with Crippen molar-refractivity contribution in [2.45, 2.75) is 31.4 Å². The summed E-state index contributed by atoms with van der Waals surface area (Å²) in [6.07, 6.45) is 6.61. The lowest BCUT2D eigenvalue weighted by Crippen LogP contribution is -2.35. The second kappa shape index (κ2) is 8.32. The fraction of sp³-hybridized carbons (Fsp3) is 0.476. The maximum Gasteiger partial charge on any atom is 0.251 e. The Hall–Kier alpha value is -2.74. The average Bonchev–Trinajstić information content (AvgIpc) is 3.37. The van der Waals surface area contributed by atoms with Crippen LogP contribution in [-0.4, -0.2) is 57.1 Å². The van der Waals surface area contributed by atoms with E-state index in [1.165, 1.54) is 24.3 Å². The maximum absolute atomic E-state index is 12.9. The maximum atomic E-state index is 12.9. The van der Waals surface area contributed by atoms with Crippen molar-refractivity contribution in [2.24, 2.45) is 11.8 Å². The zero-order valence-corrected chi connectivity index (χ0v) is 16.1. The lowest BCUT2D eigenvalue weighted by atomic mass is 9.77. The van der Waals surface area contributed by atoms with Gasteiger partial charge in [0.2, 0.25) is 5.91 Å². The predicted octanol–water partition coefficient (Wildman–Crippen LogP) is 1.61. The molecule has 2 fully saturated rings. The van der Waals surface area contributed by atoms with E-state index in [4.69, 9.17) is 0 Å². The molecule has 2 N–H and O–H groups in total. The molecule has 1 aromatic carbocycles. The first-order valence-corrected chi connectivity index (χ1v) is 9.98. The summed E-state index contributed by atoms with van der Waals surface area (Å²) in [6, 6.07) is 5.30. The molecule has 7 nitrogen and oxygen atoms in total. The van der Waals surface area contributed by atoms with E-state index < -0.39 is 11.9 Å². The van der Waals surface area contributed by atoms with Crippen molar-refractivity contribution in [3.05, 3.63) is 54.4 Å². The van der Waals surface area contributed by atoms with Gasteiger partial charge in [-0.05, 0) is 48.9 Å². The normalized spacial score (nSPS) is 26.2. The summed E-state index contributed by atoms with van der Waals surface area (Å²) in [5.41, 5.74) is 0.366. The largest absolute Gasteiger partial charge is 0.391 e. The second-order valence-corrected chi connectivity index (χ2v) is 7.95. The van der Waals surface area contributed by atoms with Gasteiger partial charge in [0.1, 0.15) is 5.82 Å². The summed E-state index contributed by atoms with van der Waals surface area (Å²) in [7, 11) is 0. The fourth-order valence-electron chi connectivity index (χ4n) is 4.54. The first-order valence-electron chi connectivity index (χ1n) is 9.98. The molecule has 1 saturated carbocycles. The topological polar surface area (TPSA) is 87.5 Å². The number of benzene rings is 1. The minimum absolute atomic E-state index is 0.00352. The number of carbonyl (C=O) groups is 2. The third-order valence-corrected chi connectivity index (χ3v) is 6.10. The Morgan fingerprint density at radius 2 is 1.90 bits per heavy atom. The number of aliphatic hydroxyl groups is 1. The van der Waals surface area contributed by atoms with E-state index in [0.29, 0.717) is 36.9 Å². The molecule has 0 unspecified atom stereocenters. The minimum Gasteiger partial charge on any atom is -0.391 e. The van der Waals surface area contributed by atoms with Crippen LogP contribution in [0.4, 0.5) is 4.39 Å². The Morgan fingerprint density at radius 3 is 2.59 bits per heavy atom. The molecule has 2 heterocycles. The Bertz CT molecular complexity index is 855. The third kappa shape index (κ3) is 4.32. The molecule has 154 valence electrons. The summed E-state index contributed by atoms with van der Waals surface area (Å²) >= 11 is 0. The van der Waals surface area contributed by atoms with Gasteiger partial charge in [-0.2, -0.15) is 0 Å². The van der Waals surface area contributed by atoms with Crippen molar-refractivity contribution in [3.63, 3.8) is 0 Å². The highest BCUT2D eigenvalue weighted by atomic mass is 19.1. The van der Waals surface area contributed by atoms with Crippen LogP contribution in [0, 0.1) is 17.7 Å². The number of amides is 2. The van der Waals surface area contributed by atoms with Crippen molar-refractivity contribution in [2.75, 3.05) is 19.6 Å². The average molecular weight is 400 g/mol. The third-order valence-electron chi connectivity index (χ3n) is 6.10. The summed E-state index contributed by atoms with van der Waals surface area (Å²) in [6.45, 7) is 1.58. The van der Waals surface area contributed by atoms with Gasteiger partial charge in [-0.15, -0.1) is 0 Å². The molecule has 2 amide bonds. The minimum atomic E-state index is -0.435. The molecule has 4 rings (SSSR count). The number of carbonyl (C=O) groups excluding carboxylic acids is 2. The van der Waals surface area contributed by atoms with Crippen LogP contribution in [-0.2, 0) is 4.79 Å². The van der Waals surface area contributed by atoms with E-state index in [1.807, 2.05) is 15.7 Å². The Balaban J connectivity index is 1.26. The van der Waals surface area contributed by atoms with Crippen molar-refractivity contribution >= 4 is 11.8 Å². The van der Waals surface area contributed by atoms with Gasteiger partial charge in [0, 0.05) is 44.0 Å². The van der Waals surface area contributed by atoms with Crippen LogP contribution < -0.4 is 5.32 Å². The number of nitrogens with one attached hydrogen (secondary N) is 1. The lowest BCUT2D eigenvalue weighted by Gasteiger charge is -2.35. The monoisotopic (exact) mass is 400 g/mol. The van der Waals surface area contributed by atoms with Gasteiger partial charge in [0.05, 0.1) is 18.5 Å². The van der Waals surface area contributed by atoms with Gasteiger partial charge in [-0.1, -0.05) is 0 Å². The molecule has 2 aromatic rings. The standard InChI is InChI=1S/C21H25FN4O3/c22-17-3-1-14(2-4-17)21(29)24-6-5-20(28)26-11-15-9-18(25-8-7-23-13-25)19(27)10-16(15)12-26/h1-4,7-8,13,15-16,18-19,27H,5-6,9-12H2,(H,24,29)/t15-,16+,18-,19-/m1/s1. The van der Waals surface area contributed by atoms with Crippen LogP contribution in [0.1, 0.15) is 35.7 Å². The smallest absolute Gasteiger partial charge is 0.251 e. The van der Waals surface area contributed by atoms with E-state index in [-0.39, 0.29) is 30.8 Å². The number of aromatic nitrogens is 2. The quantitative estimate of drug-likeness (QED) is 0.798. The number of hydrogen-bond acceptors (Lipinski definition) is 4. The van der Waals surface area contributed by atoms with Crippen molar-refractivity contribution in [3.8, 4) is 0 Å². The van der Waals surface area contributed by atoms with Gasteiger partial charge in [0.15, 0.2) is 0 Å². The van der Waals surface area contributed by atoms with Crippen LogP contribution in [0.5, 0.6) is 0 Å². The molecule has 0 bridgehead atoms. The first kappa shape index (κ1) is 19.6. The molecule has 0 spiro atoms. The van der Waals surface area contributed by atoms with E-state index in [2.05, 4.69) is 10.3 Å². The molecule has 2 aliphatic rings. The van der Waals surface area contributed by atoms with E-state index >= 15 is 0 Å². The number of hydrogen-bond donors (Lipinski definition) is 2. The van der Waals surface area contributed by atoms with Crippen molar-refractivity contribution < 1.29 is 19.1 Å². The molecule has 1 aliphatic heterocycles. The van der Waals surface area contributed by atoms with Crippen molar-refractivity contribution in [1.29, 1.82) is 0 Å². The molecule has 29 heavy (non-hydrogen) atoms. The number of imidazole rings is 1. The number of fused-ring (bicyclic) bond motifs is 1. The highest BCUT2D eigenvalue weighted by Crippen LogP contribution is 2.41. The Kier molecular flexibility index (Phi) is 5.62. The molecule has 1 aromatic heterocycles. The fourth-order valence-corrected chi connectivity index (χ4v) is 4.54. The highest BCUT2D eigenvalue weighted by Gasteiger charge is 2.43. The number of rotatable bonds is 5. The van der Waals surface area contributed by atoms with Gasteiger partial charge in [-0.3, -0.25) is 9.59 Å². The Morgan fingerprint density at radius 1 is 1.17 bits per heavy atom. The summed E-state index contributed by atoms with van der Waals surface area (Å²) in [5.74, 6) is -0.0367. The highest BCUT2D eigenvalue weighted by molar-refractivity contribution is 5.94. The van der Waals surface area contributed by atoms with Gasteiger partial charge >= 0.3 is 0 Å². The zero-order valence-electron chi connectivity index (χ0n) is 16.1. The van der Waals surface area contributed by atoms with Crippen LogP contribution in [0.25, 0.3) is 0 Å². The van der Waals surface area contributed by atoms with Crippen LogP contribution >= 0.6 is 0 Å². The van der Waals surface area contributed by atoms with Crippen molar-refractivity contribution in [1.82, 2.24) is 19.8 Å². The lowest BCUT2D eigenvalue weighted by molar-refractivity contribution is -0.130. The number of aliphatic hydroxyl groups excluding tert-OH is 1. The number of likely N-dealkylation sites (tertiary alicyclic amines) is 1. The van der Waals surface area contributed by atoms with E-state index in [9.17, 15) is 19.1 Å². The molecule has 8 heteroatoms. The Labute approximate surface area is 168 Å². The van der Waals surface area contributed by atoms with Crippen LogP contribution in [0.15, 0.2) is 43.0 Å². The van der Waals surface area contributed by atoms with Gasteiger partial charge < -0.3 is 19.9 Å². The summed E-state index contributed by atoms with van der Waals surface area (Å²) in [4.78, 5) is 30.6. The van der Waals surface area contributed by atoms with E-state index in [0.717, 1.165) is 6.42 Å². The van der Waals surface area contributed by atoms with Crippen LogP contribution in [0.2, 0.25) is 0 Å². The second-order valence-electron chi connectivity index (χ2n) is 7.95. The first-order chi connectivity index (χ1) is 14.0. The summed E-state index contributed by atoms with van der Waals surface area (Å²) in [5, 5.41) is 13.2. The SMILES string of the molecule is O=C(NCCC(=O)N1C[C@H]2C[C@@H](n3ccnc3)[C@H](O)C[C@H]2C1)c1ccc(F)cc1. The number of nitrogens with zero attached hydrogens (tertiary/aromatic N) is 3. The molecular weight excluding hydrogens is 375 g/mol. The van der Waals surface area contributed by atoms with Gasteiger partial charge in [0.25, 0.3) is 5.91 Å². The molecule has 1 aliphatic carbocycles. The van der Waals surface area contributed by atoms with E-state index in [1.54, 1.807) is 12.5 Å². The predicted molar refractivity (Wildman–Crippen MR) is 103 cm³/mol. The molecule has 1 saturated heterocycles.